The van der Waals surface area contributed by atoms with Gasteiger partial charge in [-0.1, -0.05) is 26.0 Å². The molecular weight excluding hydrogens is 324 g/mol. The Balaban J connectivity index is 2.54. The van der Waals surface area contributed by atoms with Crippen LogP contribution in [0.15, 0.2) is 28.7 Å². The molecular formula is C14H15BrN2O3. The van der Waals surface area contributed by atoms with Gasteiger partial charge in [0, 0.05) is 4.47 Å². The van der Waals surface area contributed by atoms with E-state index in [2.05, 4.69) is 21.2 Å². The van der Waals surface area contributed by atoms with Gasteiger partial charge in [-0.05, 0) is 40.9 Å². The molecule has 4 amide bonds. The number of halogens is 1. The van der Waals surface area contributed by atoms with E-state index in [9.17, 15) is 14.4 Å². The average molecular weight is 339 g/mol. The normalized spacial score (nSPS) is 18.1. The zero-order chi connectivity index (χ0) is 14.9. The average Bonchev–Trinajstić information content (AvgIpc) is 2.42. The highest BCUT2D eigenvalue weighted by Crippen LogP contribution is 2.36. The lowest BCUT2D eigenvalue weighted by molar-refractivity contribution is -0.143. The van der Waals surface area contributed by atoms with Crippen LogP contribution in [0.3, 0.4) is 0 Å². The molecule has 1 aromatic carbocycles. The van der Waals surface area contributed by atoms with Gasteiger partial charge in [-0.15, -0.1) is 0 Å². The Labute approximate surface area is 125 Å². The number of hydrogen-bond acceptors (Lipinski definition) is 3. The molecule has 0 bridgehead atoms. The summed E-state index contributed by atoms with van der Waals surface area (Å²) in [5.41, 5.74) is -0.739. The van der Waals surface area contributed by atoms with Crippen LogP contribution in [0, 0.1) is 5.41 Å². The second-order valence-corrected chi connectivity index (χ2v) is 5.49. The number of urea groups is 1. The van der Waals surface area contributed by atoms with Crippen LogP contribution in [0.5, 0.6) is 0 Å². The molecule has 1 heterocycles. The molecule has 1 N–H and O–H groups in total. The maximum Gasteiger partial charge on any atom is 0.335 e. The molecule has 2 rings (SSSR count). The Hall–Kier alpha value is -1.69. The molecule has 0 atom stereocenters. The Morgan fingerprint density at radius 2 is 1.75 bits per heavy atom. The Morgan fingerprint density at radius 1 is 1.15 bits per heavy atom. The maximum atomic E-state index is 12.7. The van der Waals surface area contributed by atoms with Crippen molar-refractivity contribution < 1.29 is 14.4 Å². The summed E-state index contributed by atoms with van der Waals surface area (Å²) in [6.07, 6.45) is 0.699. The lowest BCUT2D eigenvalue weighted by Gasteiger charge is -2.38. The highest BCUT2D eigenvalue weighted by molar-refractivity contribution is 9.10. The van der Waals surface area contributed by atoms with E-state index in [1.54, 1.807) is 38.1 Å². The third-order valence-corrected chi connectivity index (χ3v) is 4.44. The molecule has 1 aliphatic heterocycles. The van der Waals surface area contributed by atoms with E-state index in [-0.39, 0.29) is 0 Å². The van der Waals surface area contributed by atoms with E-state index in [1.807, 2.05) is 0 Å². The highest BCUT2D eigenvalue weighted by atomic mass is 79.9. The van der Waals surface area contributed by atoms with Crippen molar-refractivity contribution in [3.8, 4) is 0 Å². The molecule has 0 unspecified atom stereocenters. The van der Waals surface area contributed by atoms with Gasteiger partial charge in [-0.2, -0.15) is 0 Å². The molecule has 5 nitrogen and oxygen atoms in total. The largest absolute Gasteiger partial charge is 0.335 e. The van der Waals surface area contributed by atoms with Gasteiger partial charge in [0.05, 0.1) is 5.69 Å². The Morgan fingerprint density at radius 3 is 2.30 bits per heavy atom. The summed E-state index contributed by atoms with van der Waals surface area (Å²) in [5.74, 6) is -0.982. The second kappa shape index (κ2) is 5.36. The van der Waals surface area contributed by atoms with Crippen molar-refractivity contribution in [1.82, 2.24) is 5.32 Å². The van der Waals surface area contributed by atoms with Crippen molar-refractivity contribution in [2.75, 3.05) is 4.90 Å². The third-order valence-electron chi connectivity index (χ3n) is 3.77. The molecule has 1 aromatic rings. The van der Waals surface area contributed by atoms with Gasteiger partial charge < -0.3 is 0 Å². The van der Waals surface area contributed by atoms with Crippen molar-refractivity contribution in [3.63, 3.8) is 0 Å². The number of imide groups is 2. The number of carbonyl (C=O) groups is 3. The number of rotatable bonds is 3. The van der Waals surface area contributed by atoms with Crippen LogP contribution in [0.1, 0.15) is 26.7 Å². The van der Waals surface area contributed by atoms with Crippen molar-refractivity contribution in [1.29, 1.82) is 0 Å². The predicted octanol–water partition coefficient (Wildman–Crippen LogP) is 2.84. The lowest BCUT2D eigenvalue weighted by Crippen LogP contribution is -2.64. The molecule has 0 aromatic heterocycles. The second-order valence-electron chi connectivity index (χ2n) is 4.64. The fraction of sp³-hybridized carbons (Fsp3) is 0.357. The molecule has 0 radical (unpaired) electrons. The van der Waals surface area contributed by atoms with Gasteiger partial charge in [-0.3, -0.25) is 14.9 Å². The van der Waals surface area contributed by atoms with Crippen LogP contribution in [0.2, 0.25) is 0 Å². The van der Waals surface area contributed by atoms with E-state index in [0.717, 1.165) is 4.90 Å². The van der Waals surface area contributed by atoms with E-state index in [1.165, 1.54) is 0 Å². The number of nitrogens with one attached hydrogen (secondary N) is 1. The fourth-order valence-electron chi connectivity index (χ4n) is 2.40. The van der Waals surface area contributed by atoms with Gasteiger partial charge in [0.25, 0.3) is 5.91 Å². The van der Waals surface area contributed by atoms with Crippen LogP contribution in [0.25, 0.3) is 0 Å². The number of amides is 4. The summed E-state index contributed by atoms with van der Waals surface area (Å²) >= 11 is 3.32. The molecule has 1 fully saturated rings. The standard InChI is InChI=1S/C14H15BrN2O3/c1-3-14(4-2)11(18)16-13(20)17(12(14)19)10-8-6-5-7-9(10)15/h5-8H,3-4H2,1-2H3,(H,16,18,20). The number of nitrogens with zero attached hydrogens (tertiary/aromatic N) is 1. The van der Waals surface area contributed by atoms with E-state index < -0.39 is 23.3 Å². The van der Waals surface area contributed by atoms with Gasteiger partial charge in [0.1, 0.15) is 5.41 Å². The minimum Gasteiger partial charge on any atom is -0.276 e. The first-order valence-corrected chi connectivity index (χ1v) is 7.21. The number of benzene rings is 1. The highest BCUT2D eigenvalue weighted by Gasteiger charge is 2.52. The van der Waals surface area contributed by atoms with Crippen LogP contribution < -0.4 is 10.2 Å². The van der Waals surface area contributed by atoms with Crippen molar-refractivity contribution in [3.05, 3.63) is 28.7 Å². The first-order valence-electron chi connectivity index (χ1n) is 6.42. The van der Waals surface area contributed by atoms with Gasteiger partial charge in [0.2, 0.25) is 5.91 Å². The molecule has 1 aliphatic rings. The summed E-state index contributed by atoms with van der Waals surface area (Å²) in [6.45, 7) is 3.55. The summed E-state index contributed by atoms with van der Waals surface area (Å²) in [4.78, 5) is 37.9. The number of hydrogen-bond donors (Lipinski definition) is 1. The summed E-state index contributed by atoms with van der Waals surface area (Å²) < 4.78 is 0.624. The topological polar surface area (TPSA) is 66.5 Å². The first-order chi connectivity index (χ1) is 9.47. The minimum absolute atomic E-state index is 0.350. The van der Waals surface area contributed by atoms with Gasteiger partial charge in [-0.25, -0.2) is 9.69 Å². The Kier molecular flexibility index (Phi) is 3.94. The maximum absolute atomic E-state index is 12.7. The summed E-state index contributed by atoms with van der Waals surface area (Å²) in [5, 5.41) is 2.28. The Bertz CT molecular complexity index is 582. The molecule has 0 saturated carbocycles. The van der Waals surface area contributed by atoms with Gasteiger partial charge in [0.15, 0.2) is 0 Å². The molecule has 6 heteroatoms. The predicted molar refractivity (Wildman–Crippen MR) is 78.2 cm³/mol. The van der Waals surface area contributed by atoms with E-state index in [4.69, 9.17) is 0 Å². The van der Waals surface area contributed by atoms with Crippen LogP contribution >= 0.6 is 15.9 Å². The quantitative estimate of drug-likeness (QED) is 0.861. The summed E-state index contributed by atoms with van der Waals surface area (Å²) in [6, 6.07) is 6.22. The molecule has 0 aliphatic carbocycles. The fourth-order valence-corrected chi connectivity index (χ4v) is 2.86. The third kappa shape index (κ3) is 2.04. The molecule has 0 spiro atoms. The number of barbiturate groups is 1. The molecule has 106 valence electrons. The zero-order valence-corrected chi connectivity index (χ0v) is 12.9. The number of para-hydroxylation sites is 1. The minimum atomic E-state index is -1.18. The lowest BCUT2D eigenvalue weighted by atomic mass is 9.78. The molecule has 20 heavy (non-hydrogen) atoms. The SMILES string of the molecule is CCC1(CC)C(=O)NC(=O)N(c2ccccc2Br)C1=O. The smallest absolute Gasteiger partial charge is 0.276 e. The van der Waals surface area contributed by atoms with E-state index >= 15 is 0 Å². The number of anilines is 1. The van der Waals surface area contributed by atoms with Crippen LogP contribution in [0.4, 0.5) is 10.5 Å². The molecule has 1 saturated heterocycles. The first kappa shape index (κ1) is 14.7. The van der Waals surface area contributed by atoms with Crippen molar-refractivity contribution in [2.45, 2.75) is 26.7 Å². The van der Waals surface area contributed by atoms with Crippen LogP contribution in [-0.2, 0) is 9.59 Å². The van der Waals surface area contributed by atoms with E-state index in [0.29, 0.717) is 23.0 Å². The number of carbonyl (C=O) groups excluding carboxylic acids is 3. The van der Waals surface area contributed by atoms with Crippen molar-refractivity contribution >= 4 is 39.5 Å². The van der Waals surface area contributed by atoms with Crippen molar-refractivity contribution in [2.24, 2.45) is 5.41 Å². The summed E-state index contributed by atoms with van der Waals surface area (Å²) in [7, 11) is 0. The van der Waals surface area contributed by atoms with Gasteiger partial charge >= 0.3 is 6.03 Å². The van der Waals surface area contributed by atoms with Crippen LogP contribution in [-0.4, -0.2) is 17.8 Å². The monoisotopic (exact) mass is 338 g/mol. The zero-order valence-electron chi connectivity index (χ0n) is 11.3.